The first kappa shape index (κ1) is 31.9. The first-order valence-electron chi connectivity index (χ1n) is 14.3. The van der Waals surface area contributed by atoms with Crippen molar-refractivity contribution in [3.63, 3.8) is 0 Å². The molecule has 0 aliphatic rings. The van der Waals surface area contributed by atoms with Gasteiger partial charge >= 0.3 is 0 Å². The van der Waals surface area contributed by atoms with Crippen LogP contribution in [0.2, 0.25) is 0 Å². The summed E-state index contributed by atoms with van der Waals surface area (Å²) in [6.45, 7) is 11.5. The van der Waals surface area contributed by atoms with Crippen LogP contribution in [-0.4, -0.2) is 43.8 Å². The maximum absolute atomic E-state index is 14.1. The fraction of sp³-hybridized carbons (Fsp3) is 0.394. The minimum absolute atomic E-state index is 0.0527. The van der Waals surface area contributed by atoms with Crippen LogP contribution in [0.5, 0.6) is 0 Å². The van der Waals surface area contributed by atoms with Gasteiger partial charge in [-0.15, -0.1) is 0 Å². The molecule has 0 heterocycles. The third-order valence-electron chi connectivity index (χ3n) is 7.32. The smallest absolute Gasteiger partial charge is 0.264 e. The maximum Gasteiger partial charge on any atom is 0.264 e. The molecular formula is C33H43N3O4S. The number of nitrogens with zero attached hydrogens (tertiary/aromatic N) is 2. The topological polar surface area (TPSA) is 86.8 Å². The van der Waals surface area contributed by atoms with E-state index in [2.05, 4.69) is 19.2 Å². The zero-order valence-electron chi connectivity index (χ0n) is 25.0. The second-order valence-electron chi connectivity index (χ2n) is 10.8. The van der Waals surface area contributed by atoms with Gasteiger partial charge in [0.05, 0.1) is 10.6 Å². The third-order valence-corrected chi connectivity index (χ3v) is 9.11. The summed E-state index contributed by atoms with van der Waals surface area (Å²) in [5.74, 6) is -0.437. The van der Waals surface area contributed by atoms with Crippen LogP contribution in [0.1, 0.15) is 70.1 Å². The molecule has 3 rings (SSSR count). The maximum atomic E-state index is 14.1. The summed E-state index contributed by atoms with van der Waals surface area (Å²) in [5.41, 5.74) is 3.23. The quantitative estimate of drug-likeness (QED) is 0.269. The molecule has 2 atom stereocenters. The molecule has 0 bridgehead atoms. The number of hydrogen-bond acceptors (Lipinski definition) is 4. The van der Waals surface area contributed by atoms with Gasteiger partial charge in [-0.1, -0.05) is 87.9 Å². The second kappa shape index (κ2) is 14.3. The summed E-state index contributed by atoms with van der Waals surface area (Å²) < 4.78 is 29.2. The Morgan fingerprint density at radius 3 is 1.98 bits per heavy atom. The molecule has 0 spiro atoms. The number of carbonyl (C=O) groups is 2. The molecule has 2 amide bonds. The predicted molar refractivity (Wildman–Crippen MR) is 165 cm³/mol. The van der Waals surface area contributed by atoms with E-state index < -0.39 is 28.5 Å². The van der Waals surface area contributed by atoms with E-state index in [0.717, 1.165) is 27.4 Å². The summed E-state index contributed by atoms with van der Waals surface area (Å²) in [6.07, 6.45) is 1.14. The summed E-state index contributed by atoms with van der Waals surface area (Å²) in [5, 5.41) is 3.00. The molecule has 2 unspecified atom stereocenters. The van der Waals surface area contributed by atoms with Crippen molar-refractivity contribution in [3.05, 3.63) is 95.6 Å². The zero-order valence-corrected chi connectivity index (χ0v) is 25.8. The second-order valence-corrected chi connectivity index (χ2v) is 12.7. The number of benzene rings is 3. The highest BCUT2D eigenvalue weighted by Crippen LogP contribution is 2.27. The SMILES string of the molecule is CCC(C)NC(=O)C(CC)N(Cc1ccccc1)C(=O)CN(c1ccc(C(C)C)cc1)S(=O)(=O)c1ccc(C)cc1. The Hall–Kier alpha value is -3.65. The van der Waals surface area contributed by atoms with E-state index in [1.165, 1.54) is 4.90 Å². The monoisotopic (exact) mass is 577 g/mol. The van der Waals surface area contributed by atoms with E-state index in [0.29, 0.717) is 12.1 Å². The van der Waals surface area contributed by atoms with E-state index in [9.17, 15) is 18.0 Å². The first-order chi connectivity index (χ1) is 19.5. The van der Waals surface area contributed by atoms with Crippen LogP contribution < -0.4 is 9.62 Å². The fourth-order valence-corrected chi connectivity index (χ4v) is 5.95. The zero-order chi connectivity index (χ0) is 30.2. The molecule has 0 fully saturated rings. The molecule has 0 aliphatic carbocycles. The molecular weight excluding hydrogens is 534 g/mol. The Balaban J connectivity index is 2.06. The van der Waals surface area contributed by atoms with Crippen LogP contribution >= 0.6 is 0 Å². The highest BCUT2D eigenvalue weighted by Gasteiger charge is 2.34. The van der Waals surface area contributed by atoms with Gasteiger partial charge in [0.1, 0.15) is 12.6 Å². The number of carbonyl (C=O) groups excluding carboxylic acids is 2. The Bertz CT molecular complexity index is 1390. The van der Waals surface area contributed by atoms with Crippen molar-refractivity contribution in [3.8, 4) is 0 Å². The molecule has 0 aromatic heterocycles. The van der Waals surface area contributed by atoms with Crippen molar-refractivity contribution < 1.29 is 18.0 Å². The summed E-state index contributed by atoms with van der Waals surface area (Å²) in [6, 6.07) is 22.5. The van der Waals surface area contributed by atoms with E-state index >= 15 is 0 Å². The third kappa shape index (κ3) is 8.19. The highest BCUT2D eigenvalue weighted by atomic mass is 32.2. The van der Waals surface area contributed by atoms with Gasteiger partial charge in [0.15, 0.2) is 0 Å². The van der Waals surface area contributed by atoms with Gasteiger partial charge in [-0.25, -0.2) is 8.42 Å². The molecule has 3 aromatic carbocycles. The summed E-state index contributed by atoms with van der Waals surface area (Å²) in [7, 11) is -4.10. The van der Waals surface area contributed by atoms with Crippen LogP contribution in [0.25, 0.3) is 0 Å². The predicted octanol–water partition coefficient (Wildman–Crippen LogP) is 6.04. The number of amides is 2. The van der Waals surface area contributed by atoms with E-state index in [-0.39, 0.29) is 29.3 Å². The number of sulfonamides is 1. The molecule has 0 radical (unpaired) electrons. The molecule has 3 aromatic rings. The average Bonchev–Trinajstić information content (AvgIpc) is 2.96. The van der Waals surface area contributed by atoms with Gasteiger partial charge in [0.25, 0.3) is 10.0 Å². The lowest BCUT2D eigenvalue weighted by atomic mass is 10.0. The number of rotatable bonds is 13. The van der Waals surface area contributed by atoms with Gasteiger partial charge in [0.2, 0.25) is 11.8 Å². The molecule has 7 nitrogen and oxygen atoms in total. The van der Waals surface area contributed by atoms with Crippen molar-refractivity contribution >= 4 is 27.5 Å². The van der Waals surface area contributed by atoms with Gasteiger partial charge in [-0.2, -0.15) is 0 Å². The van der Waals surface area contributed by atoms with Crippen molar-refractivity contribution in [1.29, 1.82) is 0 Å². The summed E-state index contributed by atoms with van der Waals surface area (Å²) in [4.78, 5) is 29.1. The normalized spacial score (nSPS) is 13.0. The molecule has 0 aliphatic heterocycles. The number of nitrogens with one attached hydrogen (secondary N) is 1. The molecule has 220 valence electrons. The Kier molecular flexibility index (Phi) is 11.1. The average molecular weight is 578 g/mol. The van der Waals surface area contributed by atoms with Gasteiger partial charge in [0, 0.05) is 12.6 Å². The van der Waals surface area contributed by atoms with Crippen molar-refractivity contribution in [1.82, 2.24) is 10.2 Å². The van der Waals surface area contributed by atoms with Crippen LogP contribution in [0.4, 0.5) is 5.69 Å². The minimum atomic E-state index is -4.10. The standard InChI is InChI=1S/C33H43N3O4S/c1-7-26(6)34-33(38)31(8-2)35(22-27-12-10-9-11-13-27)32(37)23-36(29-18-16-28(17-19-29)24(3)4)41(39,40)30-20-14-25(5)15-21-30/h9-21,24,26,31H,7-8,22-23H2,1-6H3,(H,34,38). The van der Waals surface area contributed by atoms with Gasteiger partial charge in [-0.3, -0.25) is 13.9 Å². The van der Waals surface area contributed by atoms with Crippen molar-refractivity contribution in [2.75, 3.05) is 10.8 Å². The minimum Gasteiger partial charge on any atom is -0.352 e. The lowest BCUT2D eigenvalue weighted by Crippen LogP contribution is -2.53. The van der Waals surface area contributed by atoms with Crippen molar-refractivity contribution in [2.45, 2.75) is 83.8 Å². The van der Waals surface area contributed by atoms with Crippen molar-refractivity contribution in [2.24, 2.45) is 0 Å². The molecule has 1 N–H and O–H groups in total. The Morgan fingerprint density at radius 1 is 0.829 bits per heavy atom. The van der Waals surface area contributed by atoms with Crippen LogP contribution in [0, 0.1) is 6.92 Å². The van der Waals surface area contributed by atoms with E-state index in [4.69, 9.17) is 0 Å². The fourth-order valence-electron chi connectivity index (χ4n) is 4.53. The molecule has 0 saturated carbocycles. The lowest BCUT2D eigenvalue weighted by molar-refractivity contribution is -0.140. The van der Waals surface area contributed by atoms with Gasteiger partial charge in [-0.05, 0) is 68.0 Å². The van der Waals surface area contributed by atoms with E-state index in [1.807, 2.05) is 70.2 Å². The molecule has 0 saturated heterocycles. The number of hydrogen-bond donors (Lipinski definition) is 1. The highest BCUT2D eigenvalue weighted by molar-refractivity contribution is 7.92. The first-order valence-corrected chi connectivity index (χ1v) is 15.7. The van der Waals surface area contributed by atoms with E-state index in [1.54, 1.807) is 36.4 Å². The van der Waals surface area contributed by atoms with Crippen LogP contribution in [0.15, 0.2) is 83.8 Å². The summed E-state index contributed by atoms with van der Waals surface area (Å²) >= 11 is 0. The molecule has 8 heteroatoms. The number of anilines is 1. The Morgan fingerprint density at radius 2 is 1.44 bits per heavy atom. The largest absolute Gasteiger partial charge is 0.352 e. The molecule has 41 heavy (non-hydrogen) atoms. The number of aryl methyl sites for hydroxylation is 1. The lowest BCUT2D eigenvalue weighted by Gasteiger charge is -2.33. The van der Waals surface area contributed by atoms with Crippen LogP contribution in [0.3, 0.4) is 0 Å². The van der Waals surface area contributed by atoms with Crippen LogP contribution in [-0.2, 0) is 26.2 Å². The Labute approximate surface area is 245 Å². The van der Waals surface area contributed by atoms with Gasteiger partial charge < -0.3 is 10.2 Å².